The second kappa shape index (κ2) is 4.11. The molecule has 0 N–H and O–H groups in total. The lowest BCUT2D eigenvalue weighted by Crippen LogP contribution is -2.34. The molecular formula is C12H12N6. The number of rotatable bonds is 1. The molecule has 0 bridgehead atoms. The lowest BCUT2D eigenvalue weighted by Gasteiger charge is -2.28. The molecule has 0 aromatic carbocycles. The number of pyridine rings is 1. The third-order valence-corrected chi connectivity index (χ3v) is 3.19. The highest BCUT2D eigenvalue weighted by atomic mass is 15.3. The second-order valence-corrected chi connectivity index (χ2v) is 4.30. The van der Waals surface area contributed by atoms with Gasteiger partial charge in [0.25, 0.3) is 0 Å². The third kappa shape index (κ3) is 1.61. The Morgan fingerprint density at radius 3 is 3.11 bits per heavy atom. The van der Waals surface area contributed by atoms with Crippen LogP contribution >= 0.6 is 0 Å². The molecule has 18 heavy (non-hydrogen) atoms. The first-order chi connectivity index (χ1) is 8.79. The molecule has 1 aliphatic heterocycles. The van der Waals surface area contributed by atoms with E-state index in [2.05, 4.69) is 26.2 Å². The number of nitriles is 1. The van der Waals surface area contributed by atoms with Gasteiger partial charge in [-0.2, -0.15) is 5.26 Å². The zero-order valence-electron chi connectivity index (χ0n) is 10.0. The molecule has 2 aromatic rings. The van der Waals surface area contributed by atoms with Gasteiger partial charge >= 0.3 is 0 Å². The largest absolute Gasteiger partial charge is 0.346 e. The molecule has 2 aromatic heterocycles. The Hall–Kier alpha value is -2.42. The summed E-state index contributed by atoms with van der Waals surface area (Å²) in [7, 11) is 0. The molecule has 6 heteroatoms. The van der Waals surface area contributed by atoms with Crippen molar-refractivity contribution < 1.29 is 0 Å². The molecule has 90 valence electrons. The molecule has 3 rings (SSSR count). The Morgan fingerprint density at radius 1 is 1.39 bits per heavy atom. The van der Waals surface area contributed by atoms with Gasteiger partial charge in [0.15, 0.2) is 5.82 Å². The van der Waals surface area contributed by atoms with Crippen LogP contribution in [0.1, 0.15) is 17.0 Å². The molecule has 0 amide bonds. The van der Waals surface area contributed by atoms with Crippen molar-refractivity contribution in [1.29, 1.82) is 5.26 Å². The number of fused-ring (bicyclic) bond motifs is 1. The summed E-state index contributed by atoms with van der Waals surface area (Å²) in [6, 6.07) is 4.09. The van der Waals surface area contributed by atoms with Crippen LogP contribution in [-0.4, -0.2) is 26.3 Å². The van der Waals surface area contributed by atoms with Crippen LogP contribution in [0.3, 0.4) is 0 Å². The van der Waals surface area contributed by atoms with Crippen LogP contribution in [0.5, 0.6) is 0 Å². The summed E-state index contributed by atoms with van der Waals surface area (Å²) in [5, 5.41) is 17.2. The summed E-state index contributed by atoms with van der Waals surface area (Å²) in [5.74, 6) is 1.65. The van der Waals surface area contributed by atoms with Crippen LogP contribution in [0.4, 0.5) is 5.82 Å². The molecule has 0 aliphatic carbocycles. The fourth-order valence-electron chi connectivity index (χ4n) is 2.17. The molecule has 0 saturated heterocycles. The fraction of sp³-hybridized carbons (Fsp3) is 0.333. The highest BCUT2D eigenvalue weighted by Crippen LogP contribution is 2.23. The zero-order chi connectivity index (χ0) is 12.5. The molecule has 0 atom stereocenters. The van der Waals surface area contributed by atoms with Crippen molar-refractivity contribution in [3.05, 3.63) is 35.5 Å². The first-order valence-corrected chi connectivity index (χ1v) is 5.77. The third-order valence-electron chi connectivity index (χ3n) is 3.19. The van der Waals surface area contributed by atoms with Gasteiger partial charge in [-0.25, -0.2) is 4.98 Å². The number of anilines is 1. The summed E-state index contributed by atoms with van der Waals surface area (Å²) < 4.78 is 2.03. The summed E-state index contributed by atoms with van der Waals surface area (Å²) in [4.78, 5) is 6.42. The molecule has 1 aliphatic rings. The lowest BCUT2D eigenvalue weighted by molar-refractivity contribution is 0.555. The quantitative estimate of drug-likeness (QED) is 0.739. The molecule has 0 saturated carbocycles. The van der Waals surface area contributed by atoms with Crippen molar-refractivity contribution in [2.75, 3.05) is 11.4 Å². The molecule has 0 unspecified atom stereocenters. The molecule has 3 heterocycles. The monoisotopic (exact) mass is 240 g/mol. The van der Waals surface area contributed by atoms with Crippen LogP contribution in [0.2, 0.25) is 0 Å². The van der Waals surface area contributed by atoms with Gasteiger partial charge in [0, 0.05) is 19.3 Å². The Bertz CT molecular complexity index is 624. The van der Waals surface area contributed by atoms with Gasteiger partial charge in [-0.15, -0.1) is 10.2 Å². The Morgan fingerprint density at radius 2 is 2.28 bits per heavy atom. The molecule has 0 spiro atoms. The van der Waals surface area contributed by atoms with Crippen LogP contribution in [0.25, 0.3) is 0 Å². The summed E-state index contributed by atoms with van der Waals surface area (Å²) >= 11 is 0. The van der Waals surface area contributed by atoms with E-state index < -0.39 is 0 Å². The van der Waals surface area contributed by atoms with Crippen molar-refractivity contribution in [2.45, 2.75) is 20.0 Å². The summed E-state index contributed by atoms with van der Waals surface area (Å²) in [6.07, 6.45) is 3.48. The first kappa shape index (κ1) is 10.7. The van der Waals surface area contributed by atoms with Crippen LogP contribution in [0.15, 0.2) is 18.6 Å². The van der Waals surface area contributed by atoms with Crippen molar-refractivity contribution in [1.82, 2.24) is 19.7 Å². The van der Waals surface area contributed by atoms with Gasteiger partial charge < -0.3 is 9.47 Å². The number of nitrogens with zero attached hydrogens (tertiary/aromatic N) is 6. The number of hydrogen-bond donors (Lipinski definition) is 0. The molecule has 0 radical (unpaired) electrons. The van der Waals surface area contributed by atoms with E-state index >= 15 is 0 Å². The highest BCUT2D eigenvalue weighted by Gasteiger charge is 2.21. The number of aromatic nitrogens is 4. The van der Waals surface area contributed by atoms with E-state index in [0.717, 1.165) is 30.3 Å². The maximum atomic E-state index is 9.24. The van der Waals surface area contributed by atoms with E-state index in [1.54, 1.807) is 12.5 Å². The minimum absolute atomic E-state index is 0.644. The van der Waals surface area contributed by atoms with Gasteiger partial charge in [0.2, 0.25) is 0 Å². The second-order valence-electron chi connectivity index (χ2n) is 4.30. The lowest BCUT2D eigenvalue weighted by atomic mass is 10.1. The average Bonchev–Trinajstić information content (AvgIpc) is 2.85. The number of aryl methyl sites for hydroxylation is 1. The summed E-state index contributed by atoms with van der Waals surface area (Å²) in [6.45, 7) is 4.21. The minimum Gasteiger partial charge on any atom is -0.346 e. The van der Waals surface area contributed by atoms with Crippen molar-refractivity contribution >= 4 is 5.82 Å². The zero-order valence-corrected chi connectivity index (χ0v) is 10.0. The Balaban J connectivity index is 1.99. The first-order valence-electron chi connectivity index (χ1n) is 5.77. The van der Waals surface area contributed by atoms with Crippen LogP contribution in [0, 0.1) is 18.3 Å². The predicted molar refractivity (Wildman–Crippen MR) is 64.8 cm³/mol. The topological polar surface area (TPSA) is 70.6 Å². The fourth-order valence-corrected chi connectivity index (χ4v) is 2.17. The van der Waals surface area contributed by atoms with Gasteiger partial charge in [-0.3, -0.25) is 0 Å². The van der Waals surface area contributed by atoms with Crippen LogP contribution < -0.4 is 4.90 Å². The standard InChI is InChI=1S/C12H12N6/c1-9-2-3-14-12(10(9)6-13)17-4-5-18-8-15-16-11(18)7-17/h2-3,8H,4-5,7H2,1H3. The maximum Gasteiger partial charge on any atom is 0.152 e. The van der Waals surface area contributed by atoms with E-state index in [9.17, 15) is 5.26 Å². The van der Waals surface area contributed by atoms with Crippen molar-refractivity contribution in [3.8, 4) is 6.07 Å². The van der Waals surface area contributed by atoms with Gasteiger partial charge in [0.1, 0.15) is 18.2 Å². The number of hydrogen-bond acceptors (Lipinski definition) is 5. The smallest absolute Gasteiger partial charge is 0.152 e. The predicted octanol–water partition coefficient (Wildman–Crippen LogP) is 0.873. The summed E-state index contributed by atoms with van der Waals surface area (Å²) in [5.41, 5.74) is 1.60. The van der Waals surface area contributed by atoms with Gasteiger partial charge in [-0.05, 0) is 18.6 Å². The van der Waals surface area contributed by atoms with Crippen molar-refractivity contribution in [3.63, 3.8) is 0 Å². The van der Waals surface area contributed by atoms with Gasteiger partial charge in [-0.1, -0.05) is 0 Å². The normalized spacial score (nSPS) is 14.1. The van der Waals surface area contributed by atoms with Gasteiger partial charge in [0.05, 0.1) is 12.1 Å². The SMILES string of the molecule is Cc1ccnc(N2CCn3cnnc3C2)c1C#N. The minimum atomic E-state index is 0.644. The van der Waals surface area contributed by atoms with Crippen LogP contribution in [-0.2, 0) is 13.1 Å². The van der Waals surface area contributed by atoms with E-state index in [4.69, 9.17) is 0 Å². The molecule has 0 fully saturated rings. The van der Waals surface area contributed by atoms with E-state index in [1.807, 2.05) is 17.6 Å². The van der Waals surface area contributed by atoms with E-state index in [-0.39, 0.29) is 0 Å². The Labute approximate surface area is 105 Å². The molecule has 6 nitrogen and oxygen atoms in total. The maximum absolute atomic E-state index is 9.24. The van der Waals surface area contributed by atoms with E-state index in [0.29, 0.717) is 12.1 Å². The average molecular weight is 240 g/mol. The highest BCUT2D eigenvalue weighted by molar-refractivity contribution is 5.57. The molecular weight excluding hydrogens is 228 g/mol. The van der Waals surface area contributed by atoms with Crippen molar-refractivity contribution in [2.24, 2.45) is 0 Å². The Kier molecular flexibility index (Phi) is 2.45. The van der Waals surface area contributed by atoms with E-state index in [1.165, 1.54) is 0 Å².